The lowest BCUT2D eigenvalue weighted by Crippen LogP contribution is -2.07. The zero-order valence-electron chi connectivity index (χ0n) is 10.1. The highest BCUT2D eigenvalue weighted by molar-refractivity contribution is 5.95. The molecule has 0 aliphatic heterocycles. The van der Waals surface area contributed by atoms with E-state index in [0.717, 1.165) is 11.1 Å². The Labute approximate surface area is 106 Å². The normalized spacial score (nSPS) is 10.1. The van der Waals surface area contributed by atoms with Crippen molar-refractivity contribution in [1.29, 1.82) is 0 Å². The van der Waals surface area contributed by atoms with Crippen molar-refractivity contribution in [3.8, 4) is 11.1 Å². The lowest BCUT2D eigenvalue weighted by atomic mass is 10.0. The molecule has 0 aliphatic rings. The summed E-state index contributed by atoms with van der Waals surface area (Å²) in [5.74, 6) is -0.128. The molecule has 0 bridgehead atoms. The van der Waals surface area contributed by atoms with Gasteiger partial charge in [-0.1, -0.05) is 18.2 Å². The minimum absolute atomic E-state index is 0.128. The minimum atomic E-state index is -0.128. The summed E-state index contributed by atoms with van der Waals surface area (Å²) in [6.07, 6.45) is 0. The highest BCUT2D eigenvalue weighted by atomic mass is 16.1. The Balaban J connectivity index is 2.49. The summed E-state index contributed by atoms with van der Waals surface area (Å²) in [4.78, 5) is 11.2. The van der Waals surface area contributed by atoms with Gasteiger partial charge in [0.1, 0.15) is 0 Å². The van der Waals surface area contributed by atoms with Crippen LogP contribution < -0.4 is 16.8 Å². The van der Waals surface area contributed by atoms with Crippen LogP contribution in [-0.2, 0) is 4.79 Å². The van der Waals surface area contributed by atoms with Gasteiger partial charge in [-0.2, -0.15) is 0 Å². The second kappa shape index (κ2) is 4.79. The number of rotatable bonds is 2. The van der Waals surface area contributed by atoms with Crippen LogP contribution in [0.4, 0.5) is 17.1 Å². The predicted molar refractivity (Wildman–Crippen MR) is 75.0 cm³/mol. The van der Waals surface area contributed by atoms with Crippen molar-refractivity contribution in [2.75, 3.05) is 16.8 Å². The molecule has 0 spiro atoms. The van der Waals surface area contributed by atoms with Crippen molar-refractivity contribution in [2.24, 2.45) is 0 Å². The van der Waals surface area contributed by atoms with Crippen LogP contribution in [0.2, 0.25) is 0 Å². The van der Waals surface area contributed by atoms with Crippen molar-refractivity contribution in [3.05, 3.63) is 42.5 Å². The predicted octanol–water partition coefficient (Wildman–Crippen LogP) is 2.48. The van der Waals surface area contributed by atoms with Crippen molar-refractivity contribution in [3.63, 3.8) is 0 Å². The molecule has 2 aromatic carbocycles. The van der Waals surface area contributed by atoms with Crippen molar-refractivity contribution >= 4 is 23.0 Å². The molecule has 18 heavy (non-hydrogen) atoms. The zero-order valence-corrected chi connectivity index (χ0v) is 10.1. The Bertz CT molecular complexity index is 576. The van der Waals surface area contributed by atoms with Gasteiger partial charge in [0.05, 0.1) is 5.69 Å². The minimum Gasteiger partial charge on any atom is -0.399 e. The molecule has 5 N–H and O–H groups in total. The van der Waals surface area contributed by atoms with Gasteiger partial charge in [-0.05, 0) is 29.8 Å². The van der Waals surface area contributed by atoms with Crippen LogP contribution in [0.1, 0.15) is 6.92 Å². The molecule has 4 nitrogen and oxygen atoms in total. The van der Waals surface area contributed by atoms with E-state index in [2.05, 4.69) is 5.32 Å². The van der Waals surface area contributed by atoms with Crippen LogP contribution in [-0.4, -0.2) is 5.91 Å². The molecule has 0 aliphatic carbocycles. The molecule has 4 heteroatoms. The number of nitrogens with two attached hydrogens (primary N) is 2. The summed E-state index contributed by atoms with van der Waals surface area (Å²) in [6.45, 7) is 1.47. The third kappa shape index (κ3) is 2.60. The Morgan fingerprint density at radius 3 is 2.22 bits per heavy atom. The van der Waals surface area contributed by atoms with Gasteiger partial charge in [0.2, 0.25) is 5.91 Å². The van der Waals surface area contributed by atoms with E-state index < -0.39 is 0 Å². The quantitative estimate of drug-likeness (QED) is 0.706. The van der Waals surface area contributed by atoms with E-state index in [4.69, 9.17) is 11.5 Å². The average molecular weight is 241 g/mol. The molecule has 0 unspecified atom stereocenters. The Morgan fingerprint density at radius 1 is 1.00 bits per heavy atom. The van der Waals surface area contributed by atoms with Gasteiger partial charge < -0.3 is 16.8 Å². The van der Waals surface area contributed by atoms with E-state index in [9.17, 15) is 4.79 Å². The fraction of sp³-hybridized carbons (Fsp3) is 0.0714. The van der Waals surface area contributed by atoms with Crippen LogP contribution in [0.25, 0.3) is 11.1 Å². The number of carbonyl (C=O) groups excluding carboxylic acids is 1. The average Bonchev–Trinajstić information content (AvgIpc) is 2.30. The molecule has 0 saturated carbocycles. The van der Waals surface area contributed by atoms with E-state index in [1.807, 2.05) is 30.3 Å². The number of carbonyl (C=O) groups is 1. The third-order valence-corrected chi connectivity index (χ3v) is 2.58. The Hall–Kier alpha value is -2.49. The fourth-order valence-corrected chi connectivity index (χ4v) is 1.77. The number of benzene rings is 2. The first-order chi connectivity index (χ1) is 8.56. The molecule has 0 heterocycles. The first-order valence-corrected chi connectivity index (χ1v) is 5.59. The van der Waals surface area contributed by atoms with E-state index in [0.29, 0.717) is 17.1 Å². The molecular formula is C14H15N3O. The Morgan fingerprint density at radius 2 is 1.61 bits per heavy atom. The fourth-order valence-electron chi connectivity index (χ4n) is 1.77. The number of nitrogens with one attached hydrogen (secondary N) is 1. The van der Waals surface area contributed by atoms with Crippen LogP contribution in [0.5, 0.6) is 0 Å². The molecule has 2 aromatic rings. The summed E-state index contributed by atoms with van der Waals surface area (Å²) in [5, 5.41) is 2.78. The van der Waals surface area contributed by atoms with E-state index in [1.165, 1.54) is 6.92 Å². The molecular weight excluding hydrogens is 226 g/mol. The number of anilines is 3. The molecule has 1 amide bonds. The van der Waals surface area contributed by atoms with Gasteiger partial charge in [-0.15, -0.1) is 0 Å². The largest absolute Gasteiger partial charge is 0.399 e. The van der Waals surface area contributed by atoms with Gasteiger partial charge in [-0.25, -0.2) is 0 Å². The van der Waals surface area contributed by atoms with Crippen LogP contribution >= 0.6 is 0 Å². The highest BCUT2D eigenvalue weighted by Gasteiger charge is 2.07. The maximum Gasteiger partial charge on any atom is 0.221 e. The standard InChI is InChI=1S/C14H15N3O/c1-9(18)17-14-8-12(16)6-7-13(14)10-2-4-11(15)5-3-10/h2-8H,15-16H2,1H3,(H,17,18). The molecule has 92 valence electrons. The van der Waals surface area contributed by atoms with E-state index >= 15 is 0 Å². The van der Waals surface area contributed by atoms with Gasteiger partial charge >= 0.3 is 0 Å². The molecule has 0 atom stereocenters. The summed E-state index contributed by atoms with van der Waals surface area (Å²) >= 11 is 0. The molecule has 0 aromatic heterocycles. The lowest BCUT2D eigenvalue weighted by Gasteiger charge is -2.11. The van der Waals surface area contributed by atoms with Gasteiger partial charge in [0.15, 0.2) is 0 Å². The topological polar surface area (TPSA) is 81.1 Å². The lowest BCUT2D eigenvalue weighted by molar-refractivity contribution is -0.114. The first kappa shape index (κ1) is 12.0. The van der Waals surface area contributed by atoms with Gasteiger partial charge in [-0.3, -0.25) is 4.79 Å². The SMILES string of the molecule is CC(=O)Nc1cc(N)ccc1-c1ccc(N)cc1. The van der Waals surface area contributed by atoms with Crippen LogP contribution in [0, 0.1) is 0 Å². The van der Waals surface area contributed by atoms with E-state index in [1.54, 1.807) is 12.1 Å². The first-order valence-electron chi connectivity index (χ1n) is 5.59. The smallest absolute Gasteiger partial charge is 0.221 e. The van der Waals surface area contributed by atoms with Gasteiger partial charge in [0.25, 0.3) is 0 Å². The highest BCUT2D eigenvalue weighted by Crippen LogP contribution is 2.30. The number of hydrogen-bond donors (Lipinski definition) is 3. The van der Waals surface area contributed by atoms with Crippen LogP contribution in [0.3, 0.4) is 0 Å². The maximum absolute atomic E-state index is 11.2. The van der Waals surface area contributed by atoms with Crippen molar-refractivity contribution in [2.45, 2.75) is 6.92 Å². The van der Waals surface area contributed by atoms with Crippen molar-refractivity contribution in [1.82, 2.24) is 0 Å². The second-order valence-corrected chi connectivity index (χ2v) is 4.11. The summed E-state index contributed by atoms with van der Waals surface area (Å²) in [5.41, 5.74) is 15.3. The monoisotopic (exact) mass is 241 g/mol. The third-order valence-electron chi connectivity index (χ3n) is 2.58. The Kier molecular flexibility index (Phi) is 3.19. The molecule has 0 fully saturated rings. The van der Waals surface area contributed by atoms with Crippen molar-refractivity contribution < 1.29 is 4.79 Å². The summed E-state index contributed by atoms with van der Waals surface area (Å²) in [6, 6.07) is 12.9. The number of amides is 1. The van der Waals surface area contributed by atoms with Gasteiger partial charge in [0, 0.05) is 23.9 Å². The maximum atomic E-state index is 11.2. The molecule has 0 saturated heterocycles. The number of nitrogen functional groups attached to an aromatic ring is 2. The zero-order chi connectivity index (χ0) is 13.1. The number of hydrogen-bond acceptors (Lipinski definition) is 3. The summed E-state index contributed by atoms with van der Waals surface area (Å²) in [7, 11) is 0. The molecule has 2 rings (SSSR count). The second-order valence-electron chi connectivity index (χ2n) is 4.11. The summed E-state index contributed by atoms with van der Waals surface area (Å²) < 4.78 is 0. The molecule has 0 radical (unpaired) electrons. The van der Waals surface area contributed by atoms with Crippen LogP contribution in [0.15, 0.2) is 42.5 Å². The van der Waals surface area contributed by atoms with E-state index in [-0.39, 0.29) is 5.91 Å².